The third-order valence-electron chi connectivity index (χ3n) is 5.44. The second-order valence-corrected chi connectivity index (χ2v) is 9.67. The minimum absolute atomic E-state index is 0.915. The van der Waals surface area contributed by atoms with E-state index in [0.717, 1.165) is 18.9 Å². The van der Waals surface area contributed by atoms with Gasteiger partial charge in [-0.2, -0.15) is 149 Å². The van der Waals surface area contributed by atoms with Gasteiger partial charge in [0, 0.05) is 0 Å². The third kappa shape index (κ3) is 9.43. The van der Waals surface area contributed by atoms with E-state index in [1.54, 1.807) is 4.74 Å². The number of rotatable bonds is 14. The molecule has 0 radical (unpaired) electrons. The average Bonchev–Trinajstić information content (AvgIpc) is 2.91. The first-order valence-corrected chi connectivity index (χ1v) is 11.9. The maximum atomic E-state index is 14.5. The van der Waals surface area contributed by atoms with Gasteiger partial charge < -0.3 is 4.74 Å². The van der Waals surface area contributed by atoms with E-state index in [9.17, 15) is 159 Å². The lowest BCUT2D eigenvalue weighted by Gasteiger charge is -2.40. The lowest BCUT2D eigenvalue weighted by atomic mass is 10.2. The molecular formula is C18F34O7. The fourth-order valence-electron chi connectivity index (χ4n) is 2.51. The van der Waals surface area contributed by atoms with E-state index >= 15 is 0 Å². The van der Waals surface area contributed by atoms with Crippen LogP contribution in [0.1, 0.15) is 0 Å². The maximum absolute atomic E-state index is 14.5. The zero-order valence-corrected chi connectivity index (χ0v) is 24.7. The number of halogens is 34. The summed E-state index contributed by atoms with van der Waals surface area (Å²) in [5.74, 6) is -63.2. The minimum atomic E-state index is -8.97. The van der Waals surface area contributed by atoms with Crippen LogP contribution >= 0.6 is 0 Å². The van der Waals surface area contributed by atoms with Gasteiger partial charge in [0.2, 0.25) is 0 Å². The summed E-state index contributed by atoms with van der Waals surface area (Å²) in [5.41, 5.74) is 0. The Labute approximate surface area is 292 Å². The maximum Gasteiger partial charge on any atom is 0.462 e. The topological polar surface area (TPSA) is 80.3 Å². The van der Waals surface area contributed by atoms with Crippen LogP contribution in [-0.2, 0) is 33.3 Å². The lowest BCUT2D eigenvalue weighted by Crippen LogP contribution is -2.69. The SMILES string of the molecule is O=C(OC(=O)C(F)(OC(F)(F)C(F)(OC(F)(F)C(F)(F)C(F)(F)F)C(F)(F)F)C(F)(F)F)C(F)(OC(F)(F)C(F)(OC(F)(F)C(F)(F)C(F)(F)F)C(F)(F)F)C(F)(F)F. The van der Waals surface area contributed by atoms with Gasteiger partial charge >= 0.3 is 109 Å². The quantitative estimate of drug-likeness (QED) is 0.0975. The highest BCUT2D eigenvalue weighted by Crippen LogP contribution is 2.59. The highest BCUT2D eigenvalue weighted by molar-refractivity contribution is 5.93. The standard InChI is InChI=1S/C18F34O7/c19-3(9(27,28)29,56-17(49,50)7(25,13(39,40)41)58-15(45,46)5(21,22)11(33,34)35)1(53)55-2(54)4(20,10(30,31)32)57-18(51,52)8(26,14(42,43)44)59-16(47,48)6(23,24)12(36,37)38. The van der Waals surface area contributed by atoms with Gasteiger partial charge in [-0.05, 0) is 0 Å². The first-order valence-electron chi connectivity index (χ1n) is 11.9. The highest BCUT2D eigenvalue weighted by Gasteiger charge is 2.88. The zero-order valence-electron chi connectivity index (χ0n) is 24.7. The van der Waals surface area contributed by atoms with Crippen molar-refractivity contribution in [2.45, 2.75) is 96.8 Å². The molecule has 0 aliphatic carbocycles. The second kappa shape index (κ2) is 14.6. The molecule has 0 bridgehead atoms. The Balaban J connectivity index is 7.56. The molecule has 0 rings (SSSR count). The van der Waals surface area contributed by atoms with Crippen LogP contribution < -0.4 is 0 Å². The number of carbonyl (C=O) groups excluding carboxylic acids is 2. The van der Waals surface area contributed by atoms with Gasteiger partial charge in [0.15, 0.2) is 0 Å². The molecule has 4 unspecified atom stereocenters. The van der Waals surface area contributed by atoms with Crippen LogP contribution in [0.15, 0.2) is 0 Å². The number of carbonyl (C=O) groups is 2. The molecule has 0 aromatic carbocycles. The van der Waals surface area contributed by atoms with Crippen LogP contribution in [-0.4, -0.2) is 109 Å². The van der Waals surface area contributed by atoms with Crippen molar-refractivity contribution in [2.75, 3.05) is 0 Å². The zero-order chi connectivity index (χ0) is 48.7. The summed E-state index contributed by atoms with van der Waals surface area (Å²) < 4.78 is 453. The number of esters is 2. The number of hydrogen-bond acceptors (Lipinski definition) is 7. The lowest BCUT2D eigenvalue weighted by molar-refractivity contribution is -0.549. The average molecular weight is 974 g/mol. The van der Waals surface area contributed by atoms with Gasteiger partial charge in [-0.1, -0.05) is 0 Å². The van der Waals surface area contributed by atoms with Crippen LogP contribution in [0.25, 0.3) is 0 Å². The summed E-state index contributed by atoms with van der Waals surface area (Å²) in [6, 6.07) is 0. The molecular weight excluding hydrogens is 974 g/mol. The van der Waals surface area contributed by atoms with Crippen molar-refractivity contribution in [3.05, 3.63) is 0 Å². The first-order chi connectivity index (χ1) is 24.9. The Morgan fingerprint density at radius 2 is 0.458 bits per heavy atom. The van der Waals surface area contributed by atoms with E-state index in [1.165, 1.54) is 0 Å². The second-order valence-electron chi connectivity index (χ2n) is 9.67. The molecule has 0 aromatic heterocycles. The molecule has 41 heteroatoms. The van der Waals surface area contributed by atoms with E-state index in [2.05, 4.69) is 0 Å². The van der Waals surface area contributed by atoms with Crippen LogP contribution in [0.4, 0.5) is 149 Å². The van der Waals surface area contributed by atoms with Gasteiger partial charge in [-0.15, -0.1) is 0 Å². The van der Waals surface area contributed by atoms with E-state index in [1.807, 2.05) is 0 Å². The van der Waals surface area contributed by atoms with Gasteiger partial charge in [0.05, 0.1) is 0 Å². The first kappa shape index (κ1) is 55.6. The summed E-state index contributed by atoms with van der Waals surface area (Å²) >= 11 is 0. The van der Waals surface area contributed by atoms with Crippen LogP contribution in [0.5, 0.6) is 0 Å². The Bertz CT molecular complexity index is 1420. The van der Waals surface area contributed by atoms with Crippen molar-refractivity contribution in [3.8, 4) is 0 Å². The predicted octanol–water partition coefficient (Wildman–Crippen LogP) is 9.80. The van der Waals surface area contributed by atoms with Crippen molar-refractivity contribution in [3.63, 3.8) is 0 Å². The number of hydrogen-bond donors (Lipinski definition) is 0. The molecule has 0 fully saturated rings. The molecule has 0 saturated carbocycles. The van der Waals surface area contributed by atoms with Crippen LogP contribution in [0.3, 0.4) is 0 Å². The molecule has 0 aliphatic rings. The molecule has 59 heavy (non-hydrogen) atoms. The molecule has 0 spiro atoms. The Kier molecular flexibility index (Phi) is 13.8. The summed E-state index contributed by atoms with van der Waals surface area (Å²) in [6.45, 7) is 0. The fourth-order valence-corrected chi connectivity index (χ4v) is 2.51. The van der Waals surface area contributed by atoms with Gasteiger partial charge in [0.1, 0.15) is 0 Å². The molecule has 4 atom stereocenters. The Hall–Kier alpha value is -3.40. The molecule has 0 saturated heterocycles. The van der Waals surface area contributed by atoms with E-state index in [-0.39, 0.29) is 0 Å². The van der Waals surface area contributed by atoms with Crippen molar-refractivity contribution in [1.82, 2.24) is 0 Å². The molecule has 0 aromatic rings. The Morgan fingerprint density at radius 1 is 0.254 bits per heavy atom. The fraction of sp³-hybridized carbons (Fsp3) is 0.889. The highest BCUT2D eigenvalue weighted by atomic mass is 19.5. The Morgan fingerprint density at radius 3 is 0.610 bits per heavy atom. The van der Waals surface area contributed by atoms with Gasteiger partial charge in [0.25, 0.3) is 0 Å². The molecule has 0 heterocycles. The normalized spacial score (nSPS) is 19.6. The van der Waals surface area contributed by atoms with Crippen LogP contribution in [0, 0.1) is 0 Å². The molecule has 352 valence electrons. The van der Waals surface area contributed by atoms with Crippen molar-refractivity contribution < 1.29 is 183 Å². The van der Waals surface area contributed by atoms with Crippen molar-refractivity contribution >= 4 is 11.9 Å². The summed E-state index contributed by atoms with van der Waals surface area (Å²) in [6.07, 6.45) is -85.6. The third-order valence-corrected chi connectivity index (χ3v) is 5.44. The minimum Gasteiger partial charge on any atom is -0.384 e. The molecule has 7 nitrogen and oxygen atoms in total. The van der Waals surface area contributed by atoms with E-state index < -0.39 is 109 Å². The molecule has 0 aliphatic heterocycles. The number of alkyl halides is 34. The largest absolute Gasteiger partial charge is 0.462 e. The monoisotopic (exact) mass is 974 g/mol. The summed E-state index contributed by atoms with van der Waals surface area (Å²) in [4.78, 5) is 22.9. The smallest absolute Gasteiger partial charge is 0.384 e. The molecule has 0 N–H and O–H groups in total. The predicted molar refractivity (Wildman–Crippen MR) is 96.8 cm³/mol. The van der Waals surface area contributed by atoms with Crippen LogP contribution in [0.2, 0.25) is 0 Å². The number of ether oxygens (including phenoxy) is 5. The van der Waals surface area contributed by atoms with E-state index in [0.29, 0.717) is 0 Å². The van der Waals surface area contributed by atoms with Gasteiger partial charge in [-0.3, -0.25) is 18.9 Å². The summed E-state index contributed by atoms with van der Waals surface area (Å²) in [7, 11) is 0. The van der Waals surface area contributed by atoms with E-state index in [4.69, 9.17) is 0 Å². The summed E-state index contributed by atoms with van der Waals surface area (Å²) in [5, 5.41) is 0. The van der Waals surface area contributed by atoms with Gasteiger partial charge in [-0.25, -0.2) is 9.59 Å². The van der Waals surface area contributed by atoms with Crippen molar-refractivity contribution in [1.29, 1.82) is 0 Å². The molecule has 0 amide bonds. The van der Waals surface area contributed by atoms with Crippen molar-refractivity contribution in [2.24, 2.45) is 0 Å².